The number of carboxylic acid groups (broad SMARTS) is 1. The summed E-state index contributed by atoms with van der Waals surface area (Å²) >= 11 is 1.14. The van der Waals surface area contributed by atoms with Gasteiger partial charge in [0.05, 0.1) is 5.25 Å². The maximum atomic E-state index is 12.1. The molecule has 1 aromatic rings. The molecule has 4 nitrogen and oxygen atoms in total. The molecular formula is C15H21NO3S. The molecule has 0 saturated heterocycles. The van der Waals surface area contributed by atoms with Gasteiger partial charge >= 0.3 is 5.97 Å². The van der Waals surface area contributed by atoms with Crippen molar-refractivity contribution >= 4 is 29.3 Å². The Morgan fingerprint density at radius 2 is 1.60 bits per heavy atom. The fourth-order valence-corrected chi connectivity index (χ4v) is 2.94. The molecule has 0 radical (unpaired) electrons. The van der Waals surface area contributed by atoms with Gasteiger partial charge in [0.25, 0.3) is 0 Å². The van der Waals surface area contributed by atoms with Gasteiger partial charge in [-0.15, -0.1) is 11.8 Å². The molecule has 20 heavy (non-hydrogen) atoms. The van der Waals surface area contributed by atoms with E-state index in [0.717, 1.165) is 34.1 Å². The summed E-state index contributed by atoms with van der Waals surface area (Å²) in [4.78, 5) is 22.9. The predicted octanol–water partition coefficient (Wildman–Crippen LogP) is 3.15. The van der Waals surface area contributed by atoms with Gasteiger partial charge in [0.1, 0.15) is 5.25 Å². The van der Waals surface area contributed by atoms with Gasteiger partial charge in [0.2, 0.25) is 5.91 Å². The van der Waals surface area contributed by atoms with E-state index in [-0.39, 0.29) is 5.91 Å². The Labute approximate surface area is 124 Å². The Bertz CT molecular complexity index is 505. The van der Waals surface area contributed by atoms with Crippen molar-refractivity contribution in [3.05, 3.63) is 28.8 Å². The number of benzene rings is 1. The van der Waals surface area contributed by atoms with Gasteiger partial charge in [-0.05, 0) is 45.7 Å². The third-order valence-electron chi connectivity index (χ3n) is 3.05. The quantitative estimate of drug-likeness (QED) is 0.875. The Balaban J connectivity index is 2.78. The first-order valence-electron chi connectivity index (χ1n) is 6.49. The molecule has 2 N–H and O–H groups in total. The van der Waals surface area contributed by atoms with Crippen LogP contribution in [-0.4, -0.2) is 27.5 Å². The van der Waals surface area contributed by atoms with E-state index < -0.39 is 16.5 Å². The summed E-state index contributed by atoms with van der Waals surface area (Å²) in [6.07, 6.45) is 0. The Kier molecular flexibility index (Phi) is 5.62. The smallest absolute Gasteiger partial charge is 0.316 e. The van der Waals surface area contributed by atoms with E-state index in [4.69, 9.17) is 5.11 Å². The summed E-state index contributed by atoms with van der Waals surface area (Å²) < 4.78 is 0. The zero-order chi connectivity index (χ0) is 15.4. The highest BCUT2D eigenvalue weighted by Gasteiger charge is 2.21. The monoisotopic (exact) mass is 295 g/mol. The van der Waals surface area contributed by atoms with Gasteiger partial charge in [-0.1, -0.05) is 17.7 Å². The number of nitrogens with one attached hydrogen (secondary N) is 1. The van der Waals surface area contributed by atoms with Crippen molar-refractivity contribution in [1.82, 2.24) is 0 Å². The van der Waals surface area contributed by atoms with Crippen molar-refractivity contribution in [1.29, 1.82) is 0 Å². The van der Waals surface area contributed by atoms with Crippen molar-refractivity contribution in [3.8, 4) is 0 Å². The lowest BCUT2D eigenvalue weighted by atomic mass is 10.1. The predicted molar refractivity (Wildman–Crippen MR) is 83.4 cm³/mol. The van der Waals surface area contributed by atoms with E-state index in [2.05, 4.69) is 5.32 Å². The molecule has 1 amide bonds. The van der Waals surface area contributed by atoms with Gasteiger partial charge in [0.15, 0.2) is 0 Å². The standard InChI is InChI=1S/C15H21NO3S/c1-8-6-9(2)13(10(3)7-8)16-14(17)11(4)20-12(5)15(18)19/h6-7,11-12H,1-5H3,(H,16,17)(H,18,19). The van der Waals surface area contributed by atoms with Crippen LogP contribution in [0.3, 0.4) is 0 Å². The van der Waals surface area contributed by atoms with Crippen LogP contribution in [-0.2, 0) is 9.59 Å². The largest absolute Gasteiger partial charge is 0.480 e. The molecule has 5 heteroatoms. The number of hydrogen-bond donors (Lipinski definition) is 2. The van der Waals surface area contributed by atoms with Gasteiger partial charge in [-0.3, -0.25) is 9.59 Å². The molecule has 0 fully saturated rings. The number of rotatable bonds is 5. The highest BCUT2D eigenvalue weighted by atomic mass is 32.2. The summed E-state index contributed by atoms with van der Waals surface area (Å²) in [5.74, 6) is -1.07. The first kappa shape index (κ1) is 16.6. The second-order valence-electron chi connectivity index (χ2n) is 5.02. The molecule has 2 unspecified atom stereocenters. The number of aliphatic carboxylic acids is 1. The van der Waals surface area contributed by atoms with Gasteiger partial charge in [0, 0.05) is 5.69 Å². The van der Waals surface area contributed by atoms with Crippen LogP contribution >= 0.6 is 11.8 Å². The van der Waals surface area contributed by atoms with E-state index in [1.807, 2.05) is 32.9 Å². The average Bonchev–Trinajstić information content (AvgIpc) is 2.32. The van der Waals surface area contributed by atoms with E-state index in [1.165, 1.54) is 0 Å². The molecule has 0 spiro atoms. The number of carbonyl (C=O) groups is 2. The first-order valence-corrected chi connectivity index (χ1v) is 7.43. The highest BCUT2D eigenvalue weighted by molar-refractivity contribution is 8.01. The van der Waals surface area contributed by atoms with Crippen molar-refractivity contribution < 1.29 is 14.7 Å². The van der Waals surface area contributed by atoms with Gasteiger partial charge in [-0.25, -0.2) is 0 Å². The molecule has 0 bridgehead atoms. The van der Waals surface area contributed by atoms with E-state index in [0.29, 0.717) is 0 Å². The van der Waals surface area contributed by atoms with Crippen LogP contribution in [0.4, 0.5) is 5.69 Å². The molecule has 2 atom stereocenters. The number of hydrogen-bond acceptors (Lipinski definition) is 3. The fourth-order valence-electron chi connectivity index (χ4n) is 2.03. The second-order valence-corrected chi connectivity index (χ2v) is 6.71. The third kappa shape index (κ3) is 4.27. The van der Waals surface area contributed by atoms with Crippen LogP contribution in [0.5, 0.6) is 0 Å². The molecule has 0 saturated carbocycles. The number of carboxylic acids is 1. The number of thioether (sulfide) groups is 1. The lowest BCUT2D eigenvalue weighted by Gasteiger charge is -2.17. The van der Waals surface area contributed by atoms with E-state index in [9.17, 15) is 9.59 Å². The molecule has 1 rings (SSSR count). The molecule has 0 aliphatic heterocycles. The topological polar surface area (TPSA) is 66.4 Å². The minimum absolute atomic E-state index is 0.168. The summed E-state index contributed by atoms with van der Waals surface area (Å²) in [6, 6.07) is 4.03. The van der Waals surface area contributed by atoms with Crippen molar-refractivity contribution in [2.24, 2.45) is 0 Å². The SMILES string of the molecule is Cc1cc(C)c(NC(=O)C(C)SC(C)C(=O)O)c(C)c1. The van der Waals surface area contributed by atoms with Crippen LogP contribution in [0.2, 0.25) is 0 Å². The summed E-state index contributed by atoms with van der Waals surface area (Å²) in [5.41, 5.74) is 4.00. The third-order valence-corrected chi connectivity index (χ3v) is 4.28. The number of aryl methyl sites for hydroxylation is 3. The van der Waals surface area contributed by atoms with Crippen molar-refractivity contribution in [2.75, 3.05) is 5.32 Å². The van der Waals surface area contributed by atoms with E-state index in [1.54, 1.807) is 13.8 Å². The fraction of sp³-hybridized carbons (Fsp3) is 0.467. The van der Waals surface area contributed by atoms with Gasteiger partial charge < -0.3 is 10.4 Å². The lowest BCUT2D eigenvalue weighted by molar-refractivity contribution is -0.136. The maximum absolute atomic E-state index is 12.1. The zero-order valence-electron chi connectivity index (χ0n) is 12.5. The zero-order valence-corrected chi connectivity index (χ0v) is 13.3. The molecule has 110 valence electrons. The van der Waals surface area contributed by atoms with Crippen molar-refractivity contribution in [2.45, 2.75) is 45.1 Å². The summed E-state index contributed by atoms with van der Waals surface area (Å²) in [6.45, 7) is 9.22. The normalized spacial score (nSPS) is 13.7. The lowest BCUT2D eigenvalue weighted by Crippen LogP contribution is -2.27. The average molecular weight is 295 g/mol. The Hall–Kier alpha value is -1.49. The van der Waals surface area contributed by atoms with Crippen LogP contribution in [0.25, 0.3) is 0 Å². The van der Waals surface area contributed by atoms with Crippen LogP contribution in [0, 0.1) is 20.8 Å². The molecule has 0 aromatic heterocycles. The summed E-state index contributed by atoms with van der Waals surface area (Å²) in [5, 5.41) is 10.7. The minimum Gasteiger partial charge on any atom is -0.480 e. The number of amides is 1. The van der Waals surface area contributed by atoms with Crippen LogP contribution < -0.4 is 5.32 Å². The second kappa shape index (κ2) is 6.79. The summed E-state index contributed by atoms with van der Waals surface area (Å²) in [7, 11) is 0. The first-order chi connectivity index (χ1) is 9.22. The van der Waals surface area contributed by atoms with Crippen molar-refractivity contribution in [3.63, 3.8) is 0 Å². The van der Waals surface area contributed by atoms with Gasteiger partial charge in [-0.2, -0.15) is 0 Å². The Morgan fingerprint density at radius 1 is 1.10 bits per heavy atom. The van der Waals surface area contributed by atoms with Crippen LogP contribution in [0.1, 0.15) is 30.5 Å². The maximum Gasteiger partial charge on any atom is 0.316 e. The number of anilines is 1. The highest BCUT2D eigenvalue weighted by Crippen LogP contribution is 2.24. The van der Waals surface area contributed by atoms with Crippen LogP contribution in [0.15, 0.2) is 12.1 Å². The molecule has 0 aliphatic carbocycles. The molecular weight excluding hydrogens is 274 g/mol. The molecule has 1 aromatic carbocycles. The number of carbonyl (C=O) groups excluding carboxylic acids is 1. The Morgan fingerprint density at radius 3 is 2.05 bits per heavy atom. The molecule has 0 heterocycles. The van der Waals surface area contributed by atoms with E-state index >= 15 is 0 Å². The molecule has 0 aliphatic rings. The minimum atomic E-state index is -0.905.